The number of esters is 1. The zero-order chi connectivity index (χ0) is 10.0. The maximum atomic E-state index is 11.8. The standard InChI is InChI=1S/C11H19NO2/c12-11(7-3-4-8-11)10(13)14-9-5-1-2-6-9/h9H,1-8,12H2. The summed E-state index contributed by atoms with van der Waals surface area (Å²) in [5, 5.41) is 0. The van der Waals surface area contributed by atoms with Gasteiger partial charge in [0.1, 0.15) is 11.6 Å². The molecule has 3 nitrogen and oxygen atoms in total. The lowest BCUT2D eigenvalue weighted by molar-refractivity contribution is -0.155. The molecule has 3 heteroatoms. The highest BCUT2D eigenvalue weighted by molar-refractivity contribution is 5.81. The van der Waals surface area contributed by atoms with E-state index in [-0.39, 0.29) is 12.1 Å². The molecule has 2 saturated carbocycles. The van der Waals surface area contributed by atoms with Crippen molar-refractivity contribution in [2.45, 2.75) is 63.0 Å². The van der Waals surface area contributed by atoms with Crippen LogP contribution in [0.5, 0.6) is 0 Å². The Labute approximate surface area is 85.0 Å². The predicted octanol–water partition coefficient (Wildman–Crippen LogP) is 1.74. The first-order valence-electron chi connectivity index (χ1n) is 5.71. The van der Waals surface area contributed by atoms with Gasteiger partial charge in [-0.3, -0.25) is 4.79 Å². The Morgan fingerprint density at radius 1 is 1.14 bits per heavy atom. The third-order valence-corrected chi connectivity index (χ3v) is 3.48. The van der Waals surface area contributed by atoms with Crippen LogP contribution in [0.4, 0.5) is 0 Å². The Morgan fingerprint density at radius 3 is 2.29 bits per heavy atom. The molecule has 0 aromatic carbocycles. The summed E-state index contributed by atoms with van der Waals surface area (Å²) < 4.78 is 5.43. The fourth-order valence-corrected chi connectivity index (χ4v) is 2.48. The highest BCUT2D eigenvalue weighted by atomic mass is 16.5. The minimum Gasteiger partial charge on any atom is -0.461 e. The molecule has 0 aromatic heterocycles. The van der Waals surface area contributed by atoms with E-state index < -0.39 is 5.54 Å². The molecule has 0 bridgehead atoms. The Bertz CT molecular complexity index is 215. The van der Waals surface area contributed by atoms with Crippen LogP contribution < -0.4 is 5.73 Å². The Kier molecular flexibility index (Phi) is 2.77. The summed E-state index contributed by atoms with van der Waals surface area (Å²) in [6.07, 6.45) is 8.33. The molecule has 0 aliphatic heterocycles. The van der Waals surface area contributed by atoms with Crippen LogP contribution in [0.3, 0.4) is 0 Å². The molecule has 2 aliphatic carbocycles. The van der Waals surface area contributed by atoms with Gasteiger partial charge in [0.2, 0.25) is 0 Å². The summed E-state index contributed by atoms with van der Waals surface area (Å²) in [6.45, 7) is 0. The molecule has 2 N–H and O–H groups in total. The van der Waals surface area contributed by atoms with Crippen LogP contribution in [0.25, 0.3) is 0 Å². The van der Waals surface area contributed by atoms with E-state index in [4.69, 9.17) is 10.5 Å². The van der Waals surface area contributed by atoms with Crippen LogP contribution in [0.15, 0.2) is 0 Å². The third-order valence-electron chi connectivity index (χ3n) is 3.48. The summed E-state index contributed by atoms with van der Waals surface area (Å²) in [6, 6.07) is 0. The number of nitrogens with two attached hydrogens (primary N) is 1. The maximum absolute atomic E-state index is 11.8. The second kappa shape index (κ2) is 3.89. The first-order chi connectivity index (χ1) is 6.71. The molecule has 0 unspecified atom stereocenters. The van der Waals surface area contributed by atoms with E-state index in [2.05, 4.69) is 0 Å². The van der Waals surface area contributed by atoms with Crippen molar-refractivity contribution in [2.75, 3.05) is 0 Å². The van der Waals surface area contributed by atoms with Crippen molar-refractivity contribution in [1.82, 2.24) is 0 Å². The van der Waals surface area contributed by atoms with E-state index in [9.17, 15) is 4.79 Å². The highest BCUT2D eigenvalue weighted by Gasteiger charge is 2.39. The number of carbonyl (C=O) groups is 1. The molecule has 0 spiro atoms. The molecule has 2 aliphatic rings. The van der Waals surface area contributed by atoms with Crippen molar-refractivity contribution < 1.29 is 9.53 Å². The van der Waals surface area contributed by atoms with Gasteiger partial charge in [-0.15, -0.1) is 0 Å². The molecule has 0 saturated heterocycles. The summed E-state index contributed by atoms with van der Waals surface area (Å²) >= 11 is 0. The minimum absolute atomic E-state index is 0.151. The zero-order valence-electron chi connectivity index (χ0n) is 8.63. The van der Waals surface area contributed by atoms with Crippen molar-refractivity contribution in [3.63, 3.8) is 0 Å². The molecule has 0 atom stereocenters. The number of carbonyl (C=O) groups excluding carboxylic acids is 1. The van der Waals surface area contributed by atoms with Crippen molar-refractivity contribution >= 4 is 5.97 Å². The molecule has 0 amide bonds. The fourth-order valence-electron chi connectivity index (χ4n) is 2.48. The summed E-state index contributed by atoms with van der Waals surface area (Å²) in [7, 11) is 0. The van der Waals surface area contributed by atoms with Gasteiger partial charge in [0.05, 0.1) is 0 Å². The summed E-state index contributed by atoms with van der Waals surface area (Å²) in [5.74, 6) is -0.151. The average molecular weight is 197 g/mol. The van der Waals surface area contributed by atoms with Gasteiger partial charge in [-0.25, -0.2) is 0 Å². The van der Waals surface area contributed by atoms with Gasteiger partial charge >= 0.3 is 5.97 Å². The van der Waals surface area contributed by atoms with Gasteiger partial charge in [-0.2, -0.15) is 0 Å². The summed E-state index contributed by atoms with van der Waals surface area (Å²) in [4.78, 5) is 11.8. The van der Waals surface area contributed by atoms with E-state index >= 15 is 0 Å². The predicted molar refractivity (Wildman–Crippen MR) is 53.7 cm³/mol. The number of hydrogen-bond donors (Lipinski definition) is 1. The van der Waals surface area contributed by atoms with Crippen LogP contribution in [-0.2, 0) is 9.53 Å². The normalized spacial score (nSPS) is 26.6. The largest absolute Gasteiger partial charge is 0.461 e. The van der Waals surface area contributed by atoms with Crippen LogP contribution in [0, 0.1) is 0 Å². The SMILES string of the molecule is NC1(C(=O)OC2CCCC2)CCCC1. The van der Waals surface area contributed by atoms with Crippen LogP contribution in [0.1, 0.15) is 51.4 Å². The van der Waals surface area contributed by atoms with Crippen LogP contribution in [0.2, 0.25) is 0 Å². The molecule has 2 rings (SSSR count). The van der Waals surface area contributed by atoms with E-state index in [0.29, 0.717) is 0 Å². The molecule has 80 valence electrons. The fraction of sp³-hybridized carbons (Fsp3) is 0.909. The Hall–Kier alpha value is -0.570. The highest BCUT2D eigenvalue weighted by Crippen LogP contribution is 2.30. The van der Waals surface area contributed by atoms with E-state index in [1.165, 1.54) is 12.8 Å². The van der Waals surface area contributed by atoms with Crippen LogP contribution in [-0.4, -0.2) is 17.6 Å². The number of rotatable bonds is 2. The minimum atomic E-state index is -0.650. The topological polar surface area (TPSA) is 52.3 Å². The molecule has 2 fully saturated rings. The zero-order valence-corrected chi connectivity index (χ0v) is 8.63. The van der Waals surface area contributed by atoms with Crippen molar-refractivity contribution in [3.8, 4) is 0 Å². The van der Waals surface area contributed by atoms with Crippen LogP contribution >= 0.6 is 0 Å². The smallest absolute Gasteiger partial charge is 0.326 e. The van der Waals surface area contributed by atoms with Crippen molar-refractivity contribution in [1.29, 1.82) is 0 Å². The van der Waals surface area contributed by atoms with E-state index in [0.717, 1.165) is 38.5 Å². The lowest BCUT2D eigenvalue weighted by atomic mass is 10.00. The van der Waals surface area contributed by atoms with E-state index in [1.54, 1.807) is 0 Å². The molecular weight excluding hydrogens is 178 g/mol. The van der Waals surface area contributed by atoms with Crippen molar-refractivity contribution in [3.05, 3.63) is 0 Å². The third kappa shape index (κ3) is 1.92. The van der Waals surface area contributed by atoms with Gasteiger partial charge in [0.25, 0.3) is 0 Å². The Morgan fingerprint density at radius 2 is 1.71 bits per heavy atom. The monoisotopic (exact) mass is 197 g/mol. The first-order valence-corrected chi connectivity index (χ1v) is 5.71. The second-order valence-corrected chi connectivity index (χ2v) is 4.68. The number of ether oxygens (including phenoxy) is 1. The second-order valence-electron chi connectivity index (χ2n) is 4.68. The Balaban J connectivity index is 1.87. The summed E-state index contributed by atoms with van der Waals surface area (Å²) in [5.41, 5.74) is 5.36. The lowest BCUT2D eigenvalue weighted by Crippen LogP contribution is -2.47. The van der Waals surface area contributed by atoms with Gasteiger partial charge < -0.3 is 10.5 Å². The average Bonchev–Trinajstić information content (AvgIpc) is 2.76. The van der Waals surface area contributed by atoms with Gasteiger partial charge in [0, 0.05) is 0 Å². The van der Waals surface area contributed by atoms with Gasteiger partial charge in [-0.05, 0) is 38.5 Å². The van der Waals surface area contributed by atoms with Gasteiger partial charge in [-0.1, -0.05) is 12.8 Å². The van der Waals surface area contributed by atoms with Crippen molar-refractivity contribution in [2.24, 2.45) is 5.73 Å². The molecule has 0 heterocycles. The van der Waals surface area contributed by atoms with Gasteiger partial charge in [0.15, 0.2) is 0 Å². The first kappa shape index (κ1) is 9.97. The van der Waals surface area contributed by atoms with E-state index in [1.807, 2.05) is 0 Å². The quantitative estimate of drug-likeness (QED) is 0.686. The molecule has 14 heavy (non-hydrogen) atoms. The molecule has 0 radical (unpaired) electrons. The lowest BCUT2D eigenvalue weighted by Gasteiger charge is -2.23. The maximum Gasteiger partial charge on any atom is 0.326 e. The molecule has 0 aromatic rings. The molecular formula is C11H19NO2. The number of hydrogen-bond acceptors (Lipinski definition) is 3.